The minimum absolute atomic E-state index is 0.213. The van der Waals surface area contributed by atoms with Crippen molar-refractivity contribution < 1.29 is 9.59 Å². The zero-order valence-electron chi connectivity index (χ0n) is 20.7. The number of hydrogen-bond donors (Lipinski definition) is 4. The Balaban J connectivity index is 1.74. The highest BCUT2D eigenvalue weighted by Crippen LogP contribution is 2.27. The summed E-state index contributed by atoms with van der Waals surface area (Å²) in [6.07, 6.45) is 8.85. The lowest BCUT2D eigenvalue weighted by Gasteiger charge is -2.15. The highest BCUT2D eigenvalue weighted by Gasteiger charge is 2.18. The lowest BCUT2D eigenvalue weighted by atomic mass is 10.1. The predicted molar refractivity (Wildman–Crippen MR) is 155 cm³/mol. The first kappa shape index (κ1) is 28.8. The number of hydrogen-bond acceptors (Lipinski definition) is 6. The van der Waals surface area contributed by atoms with Crippen LogP contribution in [0.15, 0.2) is 59.6 Å². The minimum Gasteiger partial charge on any atom is -0.384 e. The predicted octanol–water partition coefficient (Wildman–Crippen LogP) is 6.94. The molecule has 5 N–H and O–H groups in total. The van der Waals surface area contributed by atoms with Crippen LogP contribution in [0.1, 0.15) is 52.8 Å². The highest BCUT2D eigenvalue weighted by molar-refractivity contribution is 7.98. The van der Waals surface area contributed by atoms with Crippen molar-refractivity contribution >= 4 is 64.0 Å². The molecular formula is C27H31Cl2N5O2S. The molecule has 0 atom stereocenters. The largest absolute Gasteiger partial charge is 0.384 e. The summed E-state index contributed by atoms with van der Waals surface area (Å²) in [6, 6.07) is 13.6. The highest BCUT2D eigenvalue weighted by atomic mass is 35.5. The number of nitrogens with one attached hydrogen (secondary N) is 3. The van der Waals surface area contributed by atoms with Crippen LogP contribution in [-0.4, -0.2) is 36.1 Å². The van der Waals surface area contributed by atoms with Crippen molar-refractivity contribution in [3.05, 3.63) is 75.9 Å². The lowest BCUT2D eigenvalue weighted by molar-refractivity contribution is 0.102. The Labute approximate surface area is 231 Å². The number of carbonyl (C=O) groups is 2. The first-order valence-corrected chi connectivity index (χ1v) is 14.0. The van der Waals surface area contributed by atoms with Gasteiger partial charge < -0.3 is 21.7 Å². The number of rotatable bonds is 13. The molecule has 7 nitrogen and oxygen atoms in total. The molecule has 196 valence electrons. The number of carbonyl (C=O) groups excluding carboxylic acids is 2. The standard InChI is InChI=1S/C27H31Cl2N5O2S/c1-37-20-9-10-21(24(16-20)31-14-6-4-2-3-5-13-30)26(35)33-23-11-7-18(28)15-22(23)27(36)34-25-12-8-19(29)17-32-25/h7-12,15-17,31H,2-6,13-14,30H2,1H3,(H,33,35)(H,32,34,36). The van der Waals surface area contributed by atoms with Gasteiger partial charge in [0.25, 0.3) is 11.8 Å². The van der Waals surface area contributed by atoms with Crippen LogP contribution < -0.4 is 21.7 Å². The van der Waals surface area contributed by atoms with E-state index in [1.807, 2.05) is 18.4 Å². The molecule has 1 heterocycles. The van der Waals surface area contributed by atoms with Crippen molar-refractivity contribution in [3.63, 3.8) is 0 Å². The molecule has 2 amide bonds. The molecule has 0 bridgehead atoms. The summed E-state index contributed by atoms with van der Waals surface area (Å²) >= 11 is 13.6. The number of pyridine rings is 1. The summed E-state index contributed by atoms with van der Waals surface area (Å²) in [6.45, 7) is 1.48. The third-order valence-corrected chi connectivity index (χ3v) is 6.80. The van der Waals surface area contributed by atoms with Gasteiger partial charge in [-0.05, 0) is 74.2 Å². The van der Waals surface area contributed by atoms with Gasteiger partial charge in [-0.3, -0.25) is 9.59 Å². The molecule has 0 aliphatic carbocycles. The number of aromatic nitrogens is 1. The Hall–Kier alpha value is -2.78. The molecule has 3 rings (SSSR count). The summed E-state index contributed by atoms with van der Waals surface area (Å²) in [5, 5.41) is 9.81. The fourth-order valence-electron chi connectivity index (χ4n) is 3.65. The van der Waals surface area contributed by atoms with Crippen LogP contribution in [0.3, 0.4) is 0 Å². The van der Waals surface area contributed by atoms with Gasteiger partial charge in [0.15, 0.2) is 0 Å². The summed E-state index contributed by atoms with van der Waals surface area (Å²) in [5.41, 5.74) is 7.34. The third-order valence-electron chi connectivity index (χ3n) is 5.61. The maximum absolute atomic E-state index is 13.3. The first-order chi connectivity index (χ1) is 17.9. The van der Waals surface area contributed by atoms with E-state index >= 15 is 0 Å². The SMILES string of the molecule is CSc1ccc(C(=O)Nc2ccc(Cl)cc2C(=O)Nc2ccc(Cl)cn2)c(NCCCCCCCN)c1. The average molecular weight is 561 g/mol. The van der Waals surface area contributed by atoms with E-state index in [4.69, 9.17) is 28.9 Å². The van der Waals surface area contributed by atoms with E-state index in [9.17, 15) is 9.59 Å². The van der Waals surface area contributed by atoms with E-state index in [0.717, 1.165) is 55.8 Å². The molecule has 1 aromatic heterocycles. The summed E-state index contributed by atoms with van der Waals surface area (Å²) < 4.78 is 0. The molecule has 10 heteroatoms. The summed E-state index contributed by atoms with van der Waals surface area (Å²) in [4.78, 5) is 31.5. The van der Waals surface area contributed by atoms with Gasteiger partial charge in [-0.1, -0.05) is 42.5 Å². The Kier molecular flexibility index (Phi) is 11.5. The van der Waals surface area contributed by atoms with Gasteiger partial charge in [0, 0.05) is 28.3 Å². The van der Waals surface area contributed by atoms with Crippen LogP contribution >= 0.6 is 35.0 Å². The van der Waals surface area contributed by atoms with Crippen molar-refractivity contribution in [2.24, 2.45) is 5.73 Å². The number of unbranched alkanes of at least 4 members (excludes halogenated alkanes) is 4. The van der Waals surface area contributed by atoms with Gasteiger partial charge in [-0.15, -0.1) is 11.8 Å². The summed E-state index contributed by atoms with van der Waals surface area (Å²) in [7, 11) is 0. The van der Waals surface area contributed by atoms with Gasteiger partial charge >= 0.3 is 0 Å². The number of nitrogens with zero attached hydrogens (tertiary/aromatic N) is 1. The summed E-state index contributed by atoms with van der Waals surface area (Å²) in [5.74, 6) is -0.466. The van der Waals surface area contributed by atoms with Crippen LogP contribution in [-0.2, 0) is 0 Å². The van der Waals surface area contributed by atoms with Crippen molar-refractivity contribution in [1.29, 1.82) is 0 Å². The molecule has 0 fully saturated rings. The second-order valence-corrected chi connectivity index (χ2v) is 10.1. The second-order valence-electron chi connectivity index (χ2n) is 8.35. The second kappa shape index (κ2) is 14.8. The van der Waals surface area contributed by atoms with Crippen molar-refractivity contribution in [1.82, 2.24) is 4.98 Å². The average Bonchev–Trinajstić information content (AvgIpc) is 2.90. The van der Waals surface area contributed by atoms with Gasteiger partial charge in [0.1, 0.15) is 5.82 Å². The molecule has 0 aliphatic rings. The lowest BCUT2D eigenvalue weighted by Crippen LogP contribution is -2.20. The molecule has 0 saturated heterocycles. The van der Waals surface area contributed by atoms with E-state index < -0.39 is 5.91 Å². The van der Waals surface area contributed by atoms with E-state index in [1.165, 1.54) is 12.3 Å². The first-order valence-electron chi connectivity index (χ1n) is 12.1. The molecule has 3 aromatic rings. The number of nitrogens with two attached hydrogens (primary N) is 1. The molecular weight excluding hydrogens is 529 g/mol. The van der Waals surface area contributed by atoms with E-state index in [2.05, 4.69) is 20.9 Å². The number of benzene rings is 2. The van der Waals surface area contributed by atoms with E-state index in [-0.39, 0.29) is 11.5 Å². The molecule has 0 radical (unpaired) electrons. The van der Waals surface area contributed by atoms with Crippen LogP contribution in [0.2, 0.25) is 10.0 Å². The van der Waals surface area contributed by atoms with Crippen LogP contribution in [0.5, 0.6) is 0 Å². The smallest absolute Gasteiger partial charge is 0.258 e. The van der Waals surface area contributed by atoms with Gasteiger partial charge in [0.2, 0.25) is 0 Å². The van der Waals surface area contributed by atoms with Crippen molar-refractivity contribution in [2.75, 3.05) is 35.3 Å². The van der Waals surface area contributed by atoms with E-state index in [1.54, 1.807) is 42.1 Å². The number of anilines is 3. The maximum atomic E-state index is 13.3. The molecule has 37 heavy (non-hydrogen) atoms. The Morgan fingerprint density at radius 2 is 1.57 bits per heavy atom. The maximum Gasteiger partial charge on any atom is 0.258 e. The number of thioether (sulfide) groups is 1. The Morgan fingerprint density at radius 3 is 2.30 bits per heavy atom. The fourth-order valence-corrected chi connectivity index (χ4v) is 4.38. The third kappa shape index (κ3) is 8.93. The molecule has 0 aliphatic heterocycles. The number of amides is 2. The number of halogens is 2. The topological polar surface area (TPSA) is 109 Å². The van der Waals surface area contributed by atoms with E-state index in [0.29, 0.717) is 27.1 Å². The van der Waals surface area contributed by atoms with Gasteiger partial charge in [0.05, 0.1) is 21.8 Å². The zero-order chi connectivity index (χ0) is 26.6. The molecule has 0 unspecified atom stereocenters. The normalized spacial score (nSPS) is 10.7. The Bertz CT molecular complexity index is 1210. The van der Waals surface area contributed by atoms with Crippen LogP contribution in [0, 0.1) is 0 Å². The Morgan fingerprint density at radius 1 is 0.838 bits per heavy atom. The van der Waals surface area contributed by atoms with Gasteiger partial charge in [-0.2, -0.15) is 0 Å². The molecule has 2 aromatic carbocycles. The van der Waals surface area contributed by atoms with Crippen molar-refractivity contribution in [2.45, 2.75) is 37.0 Å². The molecule has 0 saturated carbocycles. The van der Waals surface area contributed by atoms with Crippen molar-refractivity contribution in [3.8, 4) is 0 Å². The minimum atomic E-state index is -0.460. The fraction of sp³-hybridized carbons (Fsp3) is 0.296. The molecule has 0 spiro atoms. The quantitative estimate of drug-likeness (QED) is 0.133. The van der Waals surface area contributed by atoms with Crippen LogP contribution in [0.25, 0.3) is 0 Å². The monoisotopic (exact) mass is 559 g/mol. The van der Waals surface area contributed by atoms with Gasteiger partial charge in [-0.25, -0.2) is 4.98 Å². The van der Waals surface area contributed by atoms with Crippen LogP contribution in [0.4, 0.5) is 17.2 Å². The zero-order valence-corrected chi connectivity index (χ0v) is 23.0.